The highest BCUT2D eigenvalue weighted by Crippen LogP contribution is 2.29. The lowest BCUT2D eigenvalue weighted by molar-refractivity contribution is 0.483. The van der Waals surface area contributed by atoms with Crippen LogP contribution < -0.4 is 27.3 Å². The van der Waals surface area contributed by atoms with Gasteiger partial charge in [-0.3, -0.25) is 14.1 Å². The van der Waals surface area contributed by atoms with Crippen molar-refractivity contribution < 1.29 is 43.3 Å². The smallest absolute Gasteiger partial charge is 0.425 e. The van der Waals surface area contributed by atoms with Crippen molar-refractivity contribution in [1.29, 1.82) is 0 Å². The lowest BCUT2D eigenvalue weighted by Gasteiger charge is -2.13. The fourth-order valence-electron chi connectivity index (χ4n) is 4.95. The number of nitrogen functional groups attached to an aromatic ring is 1. The van der Waals surface area contributed by atoms with Crippen molar-refractivity contribution in [3.8, 4) is 0 Å². The average molecular weight is 698 g/mol. The predicted molar refractivity (Wildman–Crippen MR) is 168 cm³/mol. The minimum Gasteiger partial charge on any atom is -0.506 e. The lowest BCUT2D eigenvalue weighted by Crippen LogP contribution is -2.33. The molecule has 0 atom stereocenters. The molecule has 0 radical (unpaired) electrons. The molecular weight excluding hydrogens is 679 g/mol. The Morgan fingerprint density at radius 2 is 1.34 bits per heavy atom. The lowest BCUT2D eigenvalue weighted by atomic mass is 9.96. The van der Waals surface area contributed by atoms with E-state index in [0.29, 0.717) is 38.1 Å². The maximum absolute atomic E-state index is 13.8. The summed E-state index contributed by atoms with van der Waals surface area (Å²) in [5, 5.41) is 16.2. The van der Waals surface area contributed by atoms with Crippen molar-refractivity contribution in [3.63, 3.8) is 0 Å². The molecule has 15 nitrogen and oxygen atoms in total. The normalized spacial score (nSPS) is 11.6. The van der Waals surface area contributed by atoms with Crippen LogP contribution in [0.1, 0.15) is 5.56 Å². The van der Waals surface area contributed by atoms with Crippen molar-refractivity contribution in [1.82, 2.24) is 4.98 Å². The molecule has 2 aliphatic rings. The van der Waals surface area contributed by atoms with Crippen LogP contribution >= 0.6 is 0 Å². The largest absolute Gasteiger partial charge is 0.506 e. The molecule has 1 aliphatic carbocycles. The molecule has 18 heteroatoms. The molecule has 0 saturated heterocycles. The van der Waals surface area contributed by atoms with E-state index in [1.807, 2.05) is 0 Å². The van der Waals surface area contributed by atoms with Gasteiger partial charge in [0.1, 0.15) is 10.7 Å². The molecule has 1 heterocycles. The molecule has 5 N–H and O–H groups in total. The molecule has 0 fully saturated rings. The van der Waals surface area contributed by atoms with Crippen LogP contribution in [0.2, 0.25) is 0 Å². The summed E-state index contributed by atoms with van der Waals surface area (Å²) in [5.41, 5.74) is 6.13. The van der Waals surface area contributed by atoms with Gasteiger partial charge in [-0.2, -0.15) is 8.42 Å². The Morgan fingerprint density at radius 1 is 0.766 bits per heavy atom. The topological polar surface area (TPSA) is 262 Å². The standard InChI is InChI=1S/C29H19N3O6S.2O3S/c30-19-14-16(10-13-22(19)39(36,37)38)31-21-12-11-20-24-23(17-8-4-5-9-18(17)28(34)25(21)24)26(29(35)32-20)27(33)15-6-2-1-3-7-15;2*1-4(2)3/h1-14,31,33H,30H2,(H,36,37,38);;. The molecule has 0 saturated carbocycles. The van der Waals surface area contributed by atoms with E-state index < -0.39 is 41.8 Å². The van der Waals surface area contributed by atoms with Crippen molar-refractivity contribution in [2.24, 2.45) is 0 Å². The number of rotatable bonds is 4. The zero-order chi connectivity index (χ0) is 34.6. The number of hydrogen-bond donors (Lipinski definition) is 4. The van der Waals surface area contributed by atoms with Crippen LogP contribution in [0.3, 0.4) is 0 Å². The van der Waals surface area contributed by atoms with E-state index >= 15 is 0 Å². The Kier molecular flexibility index (Phi) is 9.90. The number of anilines is 3. The number of nitrogens with one attached hydrogen (secondary N) is 1. The van der Waals surface area contributed by atoms with Gasteiger partial charge in [-0.05, 0) is 35.7 Å². The van der Waals surface area contributed by atoms with Crippen molar-refractivity contribution in [2.75, 3.05) is 11.1 Å². The second kappa shape index (κ2) is 13.7. The number of benzene rings is 4. The third-order valence-corrected chi connectivity index (χ3v) is 7.57. The second-order valence-corrected chi connectivity index (χ2v) is 11.6. The molecule has 4 aromatic carbocycles. The first-order chi connectivity index (χ1) is 22.1. The summed E-state index contributed by atoms with van der Waals surface area (Å²) >= 11 is 0. The summed E-state index contributed by atoms with van der Waals surface area (Å²) in [7, 11) is -10.7. The van der Waals surface area contributed by atoms with Crippen molar-refractivity contribution in [3.05, 3.63) is 127 Å². The van der Waals surface area contributed by atoms with Crippen LogP contribution in [0.15, 0.2) is 99.4 Å². The maximum Gasteiger partial charge on any atom is 0.425 e. The predicted octanol–water partition coefficient (Wildman–Crippen LogP) is 1.27. The van der Waals surface area contributed by atoms with E-state index in [9.17, 15) is 27.7 Å². The molecule has 0 spiro atoms. The Balaban J connectivity index is 0.000000564. The Morgan fingerprint density at radius 3 is 1.91 bits per heavy atom. The minimum atomic E-state index is -4.51. The second-order valence-electron chi connectivity index (χ2n) is 9.40. The zero-order valence-electron chi connectivity index (χ0n) is 23.3. The fourth-order valence-corrected chi connectivity index (χ4v) is 5.55. The van der Waals surface area contributed by atoms with E-state index in [-0.39, 0.29) is 33.0 Å². The monoisotopic (exact) mass is 697 g/mol. The zero-order valence-corrected chi connectivity index (χ0v) is 25.8. The highest BCUT2D eigenvalue weighted by Gasteiger charge is 2.19. The Hall–Kier alpha value is -5.82. The molecule has 47 heavy (non-hydrogen) atoms. The number of hydrogen-bond acceptors (Lipinski definition) is 14. The van der Waals surface area contributed by atoms with Gasteiger partial charge in [-0.25, -0.2) is 4.98 Å². The van der Waals surface area contributed by atoms with E-state index in [0.717, 1.165) is 6.07 Å². The number of aliphatic hydroxyl groups is 1. The Bertz CT molecular complexity index is 2730. The molecule has 240 valence electrons. The summed E-state index contributed by atoms with van der Waals surface area (Å²) in [5.74, 6) is -0.257. The fraction of sp³-hybridized carbons (Fsp3) is 0. The number of fused-ring (bicyclic) bond motifs is 2. The van der Waals surface area contributed by atoms with Gasteiger partial charge in [0, 0.05) is 27.1 Å². The van der Waals surface area contributed by atoms with Crippen LogP contribution in [-0.2, 0) is 31.3 Å². The number of aliphatic hydroxyl groups excluding tert-OH is 1. The van der Waals surface area contributed by atoms with Crippen LogP contribution in [-0.4, -0.2) is 48.3 Å². The molecule has 6 rings (SSSR count). The first kappa shape index (κ1) is 34.1. The highest BCUT2D eigenvalue weighted by molar-refractivity contribution is 7.86. The first-order valence-corrected chi connectivity index (χ1v) is 16.2. The van der Waals surface area contributed by atoms with Gasteiger partial charge in [-0.1, -0.05) is 54.6 Å². The highest BCUT2D eigenvalue weighted by atomic mass is 32.2. The molecule has 0 aromatic heterocycles. The van der Waals surface area contributed by atoms with Crippen molar-refractivity contribution in [2.45, 2.75) is 4.90 Å². The quantitative estimate of drug-likeness (QED) is 0.149. The maximum atomic E-state index is 13.8. The Labute approximate surface area is 266 Å². The summed E-state index contributed by atoms with van der Waals surface area (Å²) < 4.78 is 83.1. The SMILES string of the molecule is Nc1cc(Nc2ccc3nc(=O)c(=C(O)c4ccccc4)c4c5ccccc5c(=O)c2c3=4)ccc1S(=O)(=O)O.O=S(=O)=O.O=S(=O)=O. The molecule has 1 aliphatic heterocycles. The van der Waals surface area contributed by atoms with Gasteiger partial charge in [0.2, 0.25) is 0 Å². The van der Waals surface area contributed by atoms with Crippen LogP contribution in [0, 0.1) is 10.4 Å². The summed E-state index contributed by atoms with van der Waals surface area (Å²) in [6, 6.07) is 22.5. The molecule has 0 bridgehead atoms. The van der Waals surface area contributed by atoms with Gasteiger partial charge in [-0.15, -0.1) is 25.3 Å². The minimum absolute atomic E-state index is 0.0196. The van der Waals surface area contributed by atoms with Gasteiger partial charge < -0.3 is 16.2 Å². The van der Waals surface area contributed by atoms with E-state index in [2.05, 4.69) is 10.3 Å². The van der Waals surface area contributed by atoms with E-state index in [4.69, 9.17) is 31.0 Å². The molecular formula is C29H19N3O12S3. The van der Waals surface area contributed by atoms with Gasteiger partial charge >= 0.3 is 21.2 Å². The van der Waals surface area contributed by atoms with Gasteiger partial charge in [0.25, 0.3) is 15.7 Å². The van der Waals surface area contributed by atoms with Crippen LogP contribution in [0.5, 0.6) is 0 Å². The van der Waals surface area contributed by atoms with Gasteiger partial charge in [0.15, 0.2) is 5.43 Å². The number of nitrogens with zero attached hydrogens (tertiary/aromatic N) is 1. The van der Waals surface area contributed by atoms with E-state index in [1.54, 1.807) is 66.7 Å². The first-order valence-electron chi connectivity index (χ1n) is 12.7. The molecule has 4 aromatic rings. The summed E-state index contributed by atoms with van der Waals surface area (Å²) in [6.45, 7) is 0. The van der Waals surface area contributed by atoms with E-state index in [1.165, 1.54) is 12.1 Å². The van der Waals surface area contributed by atoms with Crippen LogP contribution in [0.25, 0.3) is 27.4 Å². The third kappa shape index (κ3) is 7.36. The number of nitrogens with two attached hydrogens (primary N) is 1. The van der Waals surface area contributed by atoms with Crippen molar-refractivity contribution >= 4 is 75.8 Å². The van der Waals surface area contributed by atoms with Gasteiger partial charge in [0.05, 0.1) is 27.5 Å². The summed E-state index contributed by atoms with van der Waals surface area (Å²) in [6.07, 6.45) is 0. The molecule has 0 unspecified atom stereocenters. The molecule has 0 amide bonds. The summed E-state index contributed by atoms with van der Waals surface area (Å²) in [4.78, 5) is 30.9. The average Bonchev–Trinajstić information content (AvgIpc) is 2.99. The van der Waals surface area contributed by atoms with Crippen LogP contribution in [0.4, 0.5) is 17.1 Å². The number of aromatic nitrogens is 1. The third-order valence-electron chi connectivity index (χ3n) is 6.64.